The maximum absolute atomic E-state index is 10.7. The Morgan fingerprint density at radius 3 is 2.62 bits per heavy atom. The quantitative estimate of drug-likeness (QED) is 0.810. The monoisotopic (exact) mass is 216 g/mol. The highest BCUT2D eigenvalue weighted by atomic mass is 16.4. The van der Waals surface area contributed by atoms with Crippen LogP contribution in [0.1, 0.15) is 11.1 Å². The van der Waals surface area contributed by atoms with Crippen molar-refractivity contribution in [2.24, 2.45) is 0 Å². The third kappa shape index (κ3) is 1.84. The molecule has 3 nitrogen and oxygen atoms in total. The van der Waals surface area contributed by atoms with Crippen LogP contribution < -0.4 is 0 Å². The topological polar surface area (TPSA) is 57.5 Å². The molecule has 0 amide bonds. The van der Waals surface area contributed by atoms with Gasteiger partial charge in [0.25, 0.3) is 0 Å². The minimum Gasteiger partial charge on any atom is -0.508 e. The second-order valence-corrected chi connectivity index (χ2v) is 3.86. The molecule has 0 unspecified atom stereocenters. The number of aryl methyl sites for hydroxylation is 1. The summed E-state index contributed by atoms with van der Waals surface area (Å²) in [5.74, 6) is -0.898. The molecule has 0 bridgehead atoms. The first-order chi connectivity index (χ1) is 7.58. The van der Waals surface area contributed by atoms with Gasteiger partial charge >= 0.3 is 5.97 Å². The van der Waals surface area contributed by atoms with Gasteiger partial charge in [-0.15, -0.1) is 0 Å². The van der Waals surface area contributed by atoms with Crippen LogP contribution in [0.15, 0.2) is 30.3 Å². The van der Waals surface area contributed by atoms with Crippen LogP contribution in [0.5, 0.6) is 5.75 Å². The molecular formula is C13H12O3. The molecule has 2 rings (SSSR count). The van der Waals surface area contributed by atoms with Gasteiger partial charge in [0.2, 0.25) is 0 Å². The summed E-state index contributed by atoms with van der Waals surface area (Å²) in [4.78, 5) is 10.7. The molecule has 3 heteroatoms. The van der Waals surface area contributed by atoms with Gasteiger partial charge in [0.1, 0.15) is 5.75 Å². The Kier molecular flexibility index (Phi) is 2.52. The maximum Gasteiger partial charge on any atom is 0.307 e. The van der Waals surface area contributed by atoms with E-state index in [2.05, 4.69) is 0 Å². The molecule has 82 valence electrons. The Bertz CT molecular complexity index is 553. The Balaban J connectivity index is 2.72. The van der Waals surface area contributed by atoms with Gasteiger partial charge in [0, 0.05) is 5.56 Å². The molecule has 0 radical (unpaired) electrons. The van der Waals surface area contributed by atoms with Gasteiger partial charge in [-0.3, -0.25) is 4.79 Å². The number of aliphatic carboxylic acids is 1. The van der Waals surface area contributed by atoms with Crippen LogP contribution in [0, 0.1) is 6.92 Å². The fourth-order valence-corrected chi connectivity index (χ4v) is 1.82. The average molecular weight is 216 g/mol. The molecular weight excluding hydrogens is 204 g/mol. The van der Waals surface area contributed by atoms with E-state index in [0.29, 0.717) is 5.56 Å². The maximum atomic E-state index is 10.7. The number of carbonyl (C=O) groups is 1. The Morgan fingerprint density at radius 1 is 1.25 bits per heavy atom. The van der Waals surface area contributed by atoms with E-state index in [-0.39, 0.29) is 12.2 Å². The van der Waals surface area contributed by atoms with Gasteiger partial charge in [0.15, 0.2) is 0 Å². The molecule has 0 aliphatic carbocycles. The molecule has 0 heterocycles. The van der Waals surface area contributed by atoms with Crippen molar-refractivity contribution in [2.45, 2.75) is 13.3 Å². The van der Waals surface area contributed by atoms with Crippen LogP contribution in [-0.2, 0) is 11.2 Å². The first-order valence-electron chi connectivity index (χ1n) is 5.01. The van der Waals surface area contributed by atoms with E-state index in [1.54, 1.807) is 6.07 Å². The number of fused-ring (bicyclic) bond motifs is 1. The van der Waals surface area contributed by atoms with Crippen molar-refractivity contribution in [3.8, 4) is 5.75 Å². The molecule has 0 saturated carbocycles. The summed E-state index contributed by atoms with van der Waals surface area (Å²) < 4.78 is 0. The normalized spacial score (nSPS) is 10.6. The summed E-state index contributed by atoms with van der Waals surface area (Å²) in [6, 6.07) is 9.11. The third-order valence-corrected chi connectivity index (χ3v) is 2.59. The van der Waals surface area contributed by atoms with Gasteiger partial charge < -0.3 is 10.2 Å². The number of aromatic hydroxyl groups is 1. The summed E-state index contributed by atoms with van der Waals surface area (Å²) in [6.07, 6.45) is -0.160. The first-order valence-corrected chi connectivity index (χ1v) is 5.01. The van der Waals surface area contributed by atoms with E-state index in [1.807, 2.05) is 25.1 Å². The number of benzene rings is 2. The van der Waals surface area contributed by atoms with Crippen molar-refractivity contribution in [3.05, 3.63) is 41.5 Å². The second-order valence-electron chi connectivity index (χ2n) is 3.86. The van der Waals surface area contributed by atoms with E-state index < -0.39 is 5.97 Å². The molecule has 0 aromatic heterocycles. The van der Waals surface area contributed by atoms with Crippen molar-refractivity contribution in [3.63, 3.8) is 0 Å². The van der Waals surface area contributed by atoms with Crippen molar-refractivity contribution in [1.82, 2.24) is 0 Å². The zero-order valence-corrected chi connectivity index (χ0v) is 8.90. The zero-order valence-electron chi connectivity index (χ0n) is 8.90. The number of hydrogen-bond donors (Lipinski definition) is 2. The number of rotatable bonds is 2. The van der Waals surface area contributed by atoms with Gasteiger partial charge in [-0.2, -0.15) is 0 Å². The van der Waals surface area contributed by atoms with Crippen molar-refractivity contribution >= 4 is 16.7 Å². The lowest BCUT2D eigenvalue weighted by molar-refractivity contribution is -0.136. The lowest BCUT2D eigenvalue weighted by atomic mass is 9.99. The third-order valence-electron chi connectivity index (χ3n) is 2.59. The highest BCUT2D eigenvalue weighted by molar-refractivity contribution is 5.91. The van der Waals surface area contributed by atoms with Crippen molar-refractivity contribution < 1.29 is 15.0 Å². The Morgan fingerprint density at radius 2 is 1.94 bits per heavy atom. The second kappa shape index (κ2) is 3.85. The lowest BCUT2D eigenvalue weighted by Crippen LogP contribution is -2.01. The lowest BCUT2D eigenvalue weighted by Gasteiger charge is -2.07. The number of hydrogen-bond acceptors (Lipinski definition) is 2. The van der Waals surface area contributed by atoms with E-state index in [9.17, 15) is 9.90 Å². The number of phenolic OH excluding ortho intramolecular Hbond substituents is 1. The molecule has 0 aliphatic heterocycles. The van der Waals surface area contributed by atoms with Crippen LogP contribution in [-0.4, -0.2) is 16.2 Å². The van der Waals surface area contributed by atoms with Crippen molar-refractivity contribution in [1.29, 1.82) is 0 Å². The van der Waals surface area contributed by atoms with Crippen LogP contribution in [0.2, 0.25) is 0 Å². The van der Waals surface area contributed by atoms with E-state index in [0.717, 1.165) is 16.3 Å². The van der Waals surface area contributed by atoms with E-state index in [1.165, 1.54) is 6.07 Å². The summed E-state index contributed by atoms with van der Waals surface area (Å²) in [5, 5.41) is 20.2. The molecule has 0 atom stereocenters. The zero-order chi connectivity index (χ0) is 11.7. The van der Waals surface area contributed by atoms with Gasteiger partial charge in [-0.1, -0.05) is 29.8 Å². The van der Waals surface area contributed by atoms with Crippen LogP contribution in [0.3, 0.4) is 0 Å². The predicted molar refractivity (Wildman–Crippen MR) is 61.7 cm³/mol. The average Bonchev–Trinajstić information content (AvgIpc) is 2.22. The van der Waals surface area contributed by atoms with Gasteiger partial charge in [-0.25, -0.2) is 0 Å². The smallest absolute Gasteiger partial charge is 0.307 e. The van der Waals surface area contributed by atoms with Crippen molar-refractivity contribution in [2.75, 3.05) is 0 Å². The standard InChI is InChI=1S/C13H12O3/c1-8-2-3-9-4-5-12(14)11(7-13(15)16)10(9)6-8/h2-6,14H,7H2,1H3,(H,15,16). The Labute approximate surface area is 93.0 Å². The largest absolute Gasteiger partial charge is 0.508 e. The molecule has 0 spiro atoms. The summed E-state index contributed by atoms with van der Waals surface area (Å²) in [7, 11) is 0. The fraction of sp³-hybridized carbons (Fsp3) is 0.154. The highest BCUT2D eigenvalue weighted by Gasteiger charge is 2.10. The summed E-state index contributed by atoms with van der Waals surface area (Å²) in [6.45, 7) is 1.94. The SMILES string of the molecule is Cc1ccc2ccc(O)c(CC(=O)O)c2c1. The summed E-state index contributed by atoms with van der Waals surface area (Å²) >= 11 is 0. The van der Waals surface area contributed by atoms with E-state index >= 15 is 0 Å². The van der Waals surface area contributed by atoms with Crippen LogP contribution >= 0.6 is 0 Å². The number of carboxylic acid groups (broad SMARTS) is 1. The fourth-order valence-electron chi connectivity index (χ4n) is 1.82. The van der Waals surface area contributed by atoms with Crippen LogP contribution in [0.4, 0.5) is 0 Å². The highest BCUT2D eigenvalue weighted by Crippen LogP contribution is 2.28. The molecule has 0 aliphatic rings. The predicted octanol–water partition coefficient (Wildman–Crippen LogP) is 2.48. The Hall–Kier alpha value is -2.03. The minimum absolute atomic E-state index is 0.0421. The minimum atomic E-state index is -0.940. The molecule has 2 aromatic rings. The number of carboxylic acids is 1. The molecule has 0 fully saturated rings. The van der Waals surface area contributed by atoms with Crippen LogP contribution in [0.25, 0.3) is 10.8 Å². The molecule has 2 aromatic carbocycles. The van der Waals surface area contributed by atoms with Gasteiger partial charge in [-0.05, 0) is 23.8 Å². The van der Waals surface area contributed by atoms with Gasteiger partial charge in [0.05, 0.1) is 6.42 Å². The van der Waals surface area contributed by atoms with E-state index in [4.69, 9.17) is 5.11 Å². The molecule has 16 heavy (non-hydrogen) atoms. The number of phenols is 1. The molecule has 2 N–H and O–H groups in total. The molecule has 0 saturated heterocycles. The summed E-state index contributed by atoms with van der Waals surface area (Å²) in [5.41, 5.74) is 1.53. The first kappa shape index (κ1) is 10.5.